The van der Waals surface area contributed by atoms with E-state index in [1.807, 2.05) is 0 Å². The first-order chi connectivity index (χ1) is 8.99. The minimum atomic E-state index is -0.430. The summed E-state index contributed by atoms with van der Waals surface area (Å²) >= 11 is 0. The van der Waals surface area contributed by atoms with Crippen molar-refractivity contribution in [3.05, 3.63) is 0 Å². The highest BCUT2D eigenvalue weighted by Crippen LogP contribution is 2.39. The standard InChI is InChI=1S/C17H33NO/c1-16(2)9-11-17(19,12-10-16)14-18-13-15-7-5-3-4-6-8-15/h15,18-19H,3-14H2,1-2H3. The summed E-state index contributed by atoms with van der Waals surface area (Å²) in [7, 11) is 0. The molecule has 112 valence electrons. The monoisotopic (exact) mass is 267 g/mol. The van der Waals surface area contributed by atoms with E-state index >= 15 is 0 Å². The van der Waals surface area contributed by atoms with Gasteiger partial charge in [-0.05, 0) is 56.4 Å². The number of hydrogen-bond donors (Lipinski definition) is 2. The van der Waals surface area contributed by atoms with Gasteiger partial charge in [0, 0.05) is 6.54 Å². The van der Waals surface area contributed by atoms with Gasteiger partial charge in [-0.2, -0.15) is 0 Å². The van der Waals surface area contributed by atoms with E-state index in [1.165, 1.54) is 38.5 Å². The van der Waals surface area contributed by atoms with E-state index in [-0.39, 0.29) is 0 Å². The Morgan fingerprint density at radius 1 is 0.947 bits per heavy atom. The fourth-order valence-corrected chi connectivity index (χ4v) is 3.65. The van der Waals surface area contributed by atoms with Crippen LogP contribution in [0.2, 0.25) is 0 Å². The van der Waals surface area contributed by atoms with Crippen molar-refractivity contribution in [2.45, 2.75) is 83.7 Å². The van der Waals surface area contributed by atoms with Gasteiger partial charge in [-0.15, -0.1) is 0 Å². The van der Waals surface area contributed by atoms with E-state index in [0.29, 0.717) is 5.41 Å². The Bertz CT molecular complexity index is 256. The molecule has 2 fully saturated rings. The van der Waals surface area contributed by atoms with Crippen LogP contribution in [0, 0.1) is 11.3 Å². The van der Waals surface area contributed by atoms with Crippen molar-refractivity contribution >= 4 is 0 Å². The predicted molar refractivity (Wildman–Crippen MR) is 81.3 cm³/mol. The summed E-state index contributed by atoms with van der Waals surface area (Å²) in [6, 6.07) is 0. The highest BCUT2D eigenvalue weighted by atomic mass is 16.3. The third-order valence-electron chi connectivity index (χ3n) is 5.40. The number of nitrogens with one attached hydrogen (secondary N) is 1. The lowest BCUT2D eigenvalue weighted by molar-refractivity contribution is -0.0248. The van der Waals surface area contributed by atoms with E-state index in [1.54, 1.807) is 0 Å². The second-order valence-electron chi connectivity index (χ2n) is 7.88. The summed E-state index contributed by atoms with van der Waals surface area (Å²) in [5, 5.41) is 14.2. The van der Waals surface area contributed by atoms with Gasteiger partial charge in [0.1, 0.15) is 0 Å². The fourth-order valence-electron chi connectivity index (χ4n) is 3.65. The first kappa shape index (κ1) is 15.3. The van der Waals surface area contributed by atoms with Gasteiger partial charge in [-0.1, -0.05) is 39.5 Å². The molecule has 0 aromatic carbocycles. The molecular weight excluding hydrogens is 234 g/mol. The molecule has 0 aromatic rings. The Kier molecular flexibility index (Phi) is 5.30. The van der Waals surface area contributed by atoms with Crippen LogP contribution < -0.4 is 5.32 Å². The Morgan fingerprint density at radius 3 is 2.11 bits per heavy atom. The highest BCUT2D eigenvalue weighted by Gasteiger charge is 2.36. The minimum absolute atomic E-state index is 0.430. The summed E-state index contributed by atoms with van der Waals surface area (Å²) in [5.74, 6) is 0.853. The zero-order valence-electron chi connectivity index (χ0n) is 13.0. The molecule has 2 N–H and O–H groups in total. The van der Waals surface area contributed by atoms with E-state index in [4.69, 9.17) is 0 Å². The van der Waals surface area contributed by atoms with Crippen molar-refractivity contribution in [2.75, 3.05) is 13.1 Å². The SMILES string of the molecule is CC1(C)CCC(O)(CNCC2CCCCCC2)CC1. The predicted octanol–water partition coefficient (Wildman–Crippen LogP) is 3.88. The molecule has 2 aliphatic rings. The van der Waals surface area contributed by atoms with Crippen LogP contribution in [0.25, 0.3) is 0 Å². The second kappa shape index (κ2) is 6.58. The molecule has 0 heterocycles. The summed E-state index contributed by atoms with van der Waals surface area (Å²) in [5.41, 5.74) is 0.00770. The maximum Gasteiger partial charge on any atom is 0.0772 e. The van der Waals surface area contributed by atoms with Crippen LogP contribution in [0.4, 0.5) is 0 Å². The van der Waals surface area contributed by atoms with Gasteiger partial charge < -0.3 is 10.4 Å². The van der Waals surface area contributed by atoms with E-state index in [9.17, 15) is 5.11 Å². The lowest BCUT2D eigenvalue weighted by Crippen LogP contribution is -2.46. The second-order valence-corrected chi connectivity index (χ2v) is 7.88. The highest BCUT2D eigenvalue weighted by molar-refractivity contribution is 4.90. The molecule has 0 bridgehead atoms. The summed E-state index contributed by atoms with van der Waals surface area (Å²) in [6.07, 6.45) is 12.7. The molecule has 0 spiro atoms. The summed E-state index contributed by atoms with van der Waals surface area (Å²) in [4.78, 5) is 0. The average molecular weight is 267 g/mol. The molecule has 0 saturated heterocycles. The van der Waals surface area contributed by atoms with Gasteiger partial charge in [0.2, 0.25) is 0 Å². The minimum Gasteiger partial charge on any atom is -0.389 e. The Hall–Kier alpha value is -0.0800. The molecule has 2 heteroatoms. The van der Waals surface area contributed by atoms with E-state index < -0.39 is 5.60 Å². The van der Waals surface area contributed by atoms with Crippen molar-refractivity contribution in [2.24, 2.45) is 11.3 Å². The Morgan fingerprint density at radius 2 is 1.53 bits per heavy atom. The molecule has 2 rings (SSSR count). The topological polar surface area (TPSA) is 32.3 Å². The molecule has 2 nitrogen and oxygen atoms in total. The summed E-state index contributed by atoms with van der Waals surface area (Å²) < 4.78 is 0. The third kappa shape index (κ3) is 5.07. The fraction of sp³-hybridized carbons (Fsp3) is 1.00. The molecule has 0 aromatic heterocycles. The van der Waals surface area contributed by atoms with Crippen molar-refractivity contribution in [3.8, 4) is 0 Å². The van der Waals surface area contributed by atoms with Crippen LogP contribution in [0.15, 0.2) is 0 Å². The quantitative estimate of drug-likeness (QED) is 0.758. The molecule has 0 amide bonds. The maximum absolute atomic E-state index is 10.6. The number of rotatable bonds is 4. The summed E-state index contributed by atoms with van der Waals surface area (Å²) in [6.45, 7) is 6.57. The Balaban J connectivity index is 1.67. The smallest absolute Gasteiger partial charge is 0.0772 e. The van der Waals surface area contributed by atoms with Crippen LogP contribution in [0.3, 0.4) is 0 Å². The van der Waals surface area contributed by atoms with Gasteiger partial charge in [-0.3, -0.25) is 0 Å². The average Bonchev–Trinajstić information content (AvgIpc) is 2.63. The first-order valence-electron chi connectivity index (χ1n) is 8.42. The first-order valence-corrected chi connectivity index (χ1v) is 8.42. The largest absolute Gasteiger partial charge is 0.389 e. The normalized spacial score (nSPS) is 27.9. The van der Waals surface area contributed by atoms with Crippen LogP contribution in [-0.4, -0.2) is 23.8 Å². The van der Waals surface area contributed by atoms with Crippen LogP contribution in [0.5, 0.6) is 0 Å². The van der Waals surface area contributed by atoms with Crippen LogP contribution in [-0.2, 0) is 0 Å². The van der Waals surface area contributed by atoms with E-state index in [0.717, 1.165) is 44.7 Å². The zero-order chi connectivity index (χ0) is 13.8. The van der Waals surface area contributed by atoms with Crippen molar-refractivity contribution in [3.63, 3.8) is 0 Å². The molecule has 0 radical (unpaired) electrons. The van der Waals surface area contributed by atoms with E-state index in [2.05, 4.69) is 19.2 Å². The van der Waals surface area contributed by atoms with Gasteiger partial charge in [0.25, 0.3) is 0 Å². The molecule has 19 heavy (non-hydrogen) atoms. The number of hydrogen-bond acceptors (Lipinski definition) is 2. The zero-order valence-corrected chi connectivity index (χ0v) is 13.0. The molecular formula is C17H33NO. The van der Waals surface area contributed by atoms with Gasteiger partial charge in [-0.25, -0.2) is 0 Å². The third-order valence-corrected chi connectivity index (χ3v) is 5.40. The molecule has 0 atom stereocenters. The van der Waals surface area contributed by atoms with Crippen LogP contribution in [0.1, 0.15) is 78.1 Å². The molecule has 2 aliphatic carbocycles. The maximum atomic E-state index is 10.6. The van der Waals surface area contributed by atoms with Crippen molar-refractivity contribution in [1.29, 1.82) is 0 Å². The van der Waals surface area contributed by atoms with Crippen LogP contribution >= 0.6 is 0 Å². The number of aliphatic hydroxyl groups is 1. The lowest BCUT2D eigenvalue weighted by Gasteiger charge is -2.40. The Labute approximate surface area is 119 Å². The molecule has 2 saturated carbocycles. The van der Waals surface area contributed by atoms with Crippen molar-refractivity contribution in [1.82, 2.24) is 5.32 Å². The van der Waals surface area contributed by atoms with Crippen molar-refractivity contribution < 1.29 is 5.11 Å². The van der Waals surface area contributed by atoms with Gasteiger partial charge in [0.15, 0.2) is 0 Å². The molecule has 0 unspecified atom stereocenters. The lowest BCUT2D eigenvalue weighted by atomic mass is 9.71. The van der Waals surface area contributed by atoms with Gasteiger partial charge >= 0.3 is 0 Å². The molecule has 0 aliphatic heterocycles. The van der Waals surface area contributed by atoms with Gasteiger partial charge in [0.05, 0.1) is 5.60 Å².